The van der Waals surface area contributed by atoms with Crippen LogP contribution in [0.25, 0.3) is 0 Å². The van der Waals surface area contributed by atoms with Crippen molar-refractivity contribution in [2.75, 3.05) is 0 Å². The van der Waals surface area contributed by atoms with Crippen LogP contribution in [0, 0.1) is 12.8 Å². The number of hydrogen-bond donors (Lipinski definition) is 1. The van der Waals surface area contributed by atoms with Gasteiger partial charge in [-0.2, -0.15) is 0 Å². The highest BCUT2D eigenvalue weighted by Crippen LogP contribution is 2.23. The van der Waals surface area contributed by atoms with Gasteiger partial charge in [0.2, 0.25) is 0 Å². The molecule has 1 heteroatoms. The van der Waals surface area contributed by atoms with E-state index >= 15 is 0 Å². The van der Waals surface area contributed by atoms with E-state index in [0.29, 0.717) is 5.75 Å². The van der Waals surface area contributed by atoms with Gasteiger partial charge in [0.25, 0.3) is 0 Å². The van der Waals surface area contributed by atoms with Crippen LogP contribution in [0.15, 0.2) is 18.2 Å². The summed E-state index contributed by atoms with van der Waals surface area (Å²) in [5, 5.41) is 9.77. The maximum absolute atomic E-state index is 9.77. The van der Waals surface area contributed by atoms with Crippen LogP contribution >= 0.6 is 0 Å². The van der Waals surface area contributed by atoms with Gasteiger partial charge in [-0.1, -0.05) is 51.7 Å². The second kappa shape index (κ2) is 7.37. The third-order valence-corrected chi connectivity index (χ3v) is 3.34. The molecule has 0 saturated carbocycles. The Morgan fingerprint density at radius 1 is 1.06 bits per heavy atom. The first-order chi connectivity index (χ1) is 8.11. The molecule has 1 N–H and O–H groups in total. The van der Waals surface area contributed by atoms with E-state index in [9.17, 15) is 5.11 Å². The minimum atomic E-state index is 0.465. The maximum atomic E-state index is 9.77. The molecule has 1 aromatic rings. The second-order valence-corrected chi connectivity index (χ2v) is 5.42. The average molecular weight is 234 g/mol. The molecule has 0 aliphatic heterocycles. The quantitative estimate of drug-likeness (QED) is 0.669. The number of benzene rings is 1. The fourth-order valence-corrected chi connectivity index (χ4v) is 2.22. The van der Waals surface area contributed by atoms with Gasteiger partial charge in [-0.3, -0.25) is 0 Å². The summed E-state index contributed by atoms with van der Waals surface area (Å²) in [4.78, 5) is 0. The largest absolute Gasteiger partial charge is 0.508 e. The molecule has 96 valence electrons. The minimum Gasteiger partial charge on any atom is -0.508 e. The van der Waals surface area contributed by atoms with Crippen molar-refractivity contribution in [3.63, 3.8) is 0 Å². The number of hydrogen-bond acceptors (Lipinski definition) is 1. The number of unbranched alkanes of at least 4 members (excludes halogenated alkanes) is 3. The predicted molar refractivity (Wildman–Crippen MR) is 74.5 cm³/mol. The fraction of sp³-hybridized carbons (Fsp3) is 0.625. The van der Waals surface area contributed by atoms with E-state index in [1.165, 1.54) is 37.7 Å². The molecule has 0 radical (unpaired) electrons. The zero-order chi connectivity index (χ0) is 12.7. The average Bonchev–Trinajstić information content (AvgIpc) is 2.26. The smallest absolute Gasteiger partial charge is 0.119 e. The molecule has 0 aromatic heterocycles. The Hall–Kier alpha value is -0.980. The molecule has 0 aliphatic carbocycles. The highest BCUT2D eigenvalue weighted by Gasteiger charge is 2.03. The molecule has 0 atom stereocenters. The third-order valence-electron chi connectivity index (χ3n) is 3.34. The highest BCUT2D eigenvalue weighted by atomic mass is 16.3. The number of rotatable bonds is 7. The Morgan fingerprint density at radius 3 is 2.41 bits per heavy atom. The lowest BCUT2D eigenvalue weighted by molar-refractivity contribution is 0.464. The van der Waals surface area contributed by atoms with Gasteiger partial charge in [0.05, 0.1) is 0 Å². The van der Waals surface area contributed by atoms with Crippen LogP contribution < -0.4 is 0 Å². The minimum absolute atomic E-state index is 0.465. The zero-order valence-corrected chi connectivity index (χ0v) is 11.5. The number of phenolic OH excluding ortho intramolecular Hbond substituents is 1. The van der Waals surface area contributed by atoms with Gasteiger partial charge in [-0.05, 0) is 42.9 Å². The van der Waals surface area contributed by atoms with E-state index in [2.05, 4.69) is 26.8 Å². The summed E-state index contributed by atoms with van der Waals surface area (Å²) in [5.41, 5.74) is 2.35. The SMILES string of the molecule is Cc1cccc(O)c1CCCCCCC(C)C. The van der Waals surface area contributed by atoms with Gasteiger partial charge in [0.15, 0.2) is 0 Å². The van der Waals surface area contributed by atoms with Crippen molar-refractivity contribution in [1.82, 2.24) is 0 Å². The number of aryl methyl sites for hydroxylation is 1. The van der Waals surface area contributed by atoms with Crippen molar-refractivity contribution < 1.29 is 5.11 Å². The lowest BCUT2D eigenvalue weighted by atomic mass is 9.99. The summed E-state index contributed by atoms with van der Waals surface area (Å²) >= 11 is 0. The van der Waals surface area contributed by atoms with Crippen molar-refractivity contribution in [3.8, 4) is 5.75 Å². The first-order valence-corrected chi connectivity index (χ1v) is 6.88. The summed E-state index contributed by atoms with van der Waals surface area (Å²) in [7, 11) is 0. The van der Waals surface area contributed by atoms with Crippen LogP contribution in [-0.4, -0.2) is 5.11 Å². The lowest BCUT2D eigenvalue weighted by Gasteiger charge is -2.08. The molecule has 0 spiro atoms. The third kappa shape index (κ3) is 5.25. The van der Waals surface area contributed by atoms with E-state index in [1.54, 1.807) is 6.07 Å². The summed E-state index contributed by atoms with van der Waals surface area (Å²) in [6.07, 6.45) is 7.50. The van der Waals surface area contributed by atoms with E-state index in [0.717, 1.165) is 17.9 Å². The van der Waals surface area contributed by atoms with Crippen LogP contribution in [0.3, 0.4) is 0 Å². The number of phenols is 1. The molecular formula is C16H26O. The van der Waals surface area contributed by atoms with E-state index in [4.69, 9.17) is 0 Å². The highest BCUT2D eigenvalue weighted by molar-refractivity contribution is 5.38. The normalized spacial score (nSPS) is 11.1. The summed E-state index contributed by atoms with van der Waals surface area (Å²) in [6, 6.07) is 5.78. The van der Waals surface area contributed by atoms with E-state index < -0.39 is 0 Å². The molecule has 1 nitrogen and oxygen atoms in total. The van der Waals surface area contributed by atoms with Gasteiger partial charge in [0, 0.05) is 0 Å². The Bertz CT molecular complexity index is 308. The number of aromatic hydroxyl groups is 1. The lowest BCUT2D eigenvalue weighted by Crippen LogP contribution is -1.92. The fourth-order valence-electron chi connectivity index (χ4n) is 2.22. The molecular weight excluding hydrogens is 208 g/mol. The first-order valence-electron chi connectivity index (χ1n) is 6.88. The topological polar surface area (TPSA) is 20.2 Å². The molecule has 0 aliphatic rings. The Kier molecular flexibility index (Phi) is 6.10. The van der Waals surface area contributed by atoms with Gasteiger partial charge in [0.1, 0.15) is 5.75 Å². The summed E-state index contributed by atoms with van der Waals surface area (Å²) < 4.78 is 0. The Balaban J connectivity index is 2.22. The van der Waals surface area contributed by atoms with Gasteiger partial charge in [-0.25, -0.2) is 0 Å². The molecule has 0 unspecified atom stereocenters. The van der Waals surface area contributed by atoms with Crippen LogP contribution in [0.4, 0.5) is 0 Å². The van der Waals surface area contributed by atoms with Gasteiger partial charge in [-0.15, -0.1) is 0 Å². The molecule has 0 fully saturated rings. The van der Waals surface area contributed by atoms with Crippen LogP contribution in [0.5, 0.6) is 5.75 Å². The van der Waals surface area contributed by atoms with E-state index in [-0.39, 0.29) is 0 Å². The van der Waals surface area contributed by atoms with Crippen molar-refractivity contribution in [3.05, 3.63) is 29.3 Å². The van der Waals surface area contributed by atoms with Crippen LogP contribution in [0.1, 0.15) is 57.1 Å². The van der Waals surface area contributed by atoms with Crippen molar-refractivity contribution in [2.24, 2.45) is 5.92 Å². The summed E-state index contributed by atoms with van der Waals surface area (Å²) in [5.74, 6) is 1.29. The van der Waals surface area contributed by atoms with Crippen LogP contribution in [0.2, 0.25) is 0 Å². The van der Waals surface area contributed by atoms with Crippen molar-refractivity contribution in [1.29, 1.82) is 0 Å². The molecule has 1 aromatic carbocycles. The molecule has 0 amide bonds. The summed E-state index contributed by atoms with van der Waals surface area (Å²) in [6.45, 7) is 6.64. The molecule has 0 heterocycles. The Morgan fingerprint density at radius 2 is 1.76 bits per heavy atom. The van der Waals surface area contributed by atoms with Crippen molar-refractivity contribution >= 4 is 0 Å². The van der Waals surface area contributed by atoms with Crippen molar-refractivity contribution in [2.45, 2.75) is 59.3 Å². The monoisotopic (exact) mass is 234 g/mol. The maximum Gasteiger partial charge on any atom is 0.119 e. The zero-order valence-electron chi connectivity index (χ0n) is 11.5. The first kappa shape index (κ1) is 14.1. The Labute approximate surface area is 106 Å². The standard InChI is InChI=1S/C16H26O/c1-13(2)9-6-4-5-7-11-15-14(3)10-8-12-16(15)17/h8,10,12-13,17H,4-7,9,11H2,1-3H3. The molecule has 0 saturated heterocycles. The van der Waals surface area contributed by atoms with Crippen LogP contribution in [-0.2, 0) is 6.42 Å². The van der Waals surface area contributed by atoms with Gasteiger partial charge >= 0.3 is 0 Å². The molecule has 0 bridgehead atoms. The molecule has 17 heavy (non-hydrogen) atoms. The second-order valence-electron chi connectivity index (χ2n) is 5.42. The van der Waals surface area contributed by atoms with E-state index in [1.807, 2.05) is 6.07 Å². The van der Waals surface area contributed by atoms with Gasteiger partial charge < -0.3 is 5.11 Å². The predicted octanol–water partition coefficient (Wildman–Crippen LogP) is 4.85. The molecule has 1 rings (SSSR count).